The number of aliphatic carboxylic acids is 1. The minimum atomic E-state index is -0.847. The summed E-state index contributed by atoms with van der Waals surface area (Å²) >= 11 is 0. The maximum atomic E-state index is 10.6. The molecule has 0 amide bonds. The van der Waals surface area contributed by atoms with E-state index in [1.807, 2.05) is 12.1 Å². The van der Waals surface area contributed by atoms with Crippen LogP contribution in [-0.4, -0.2) is 32.4 Å². The normalized spacial score (nSPS) is 10.2. The van der Waals surface area contributed by atoms with Gasteiger partial charge in [-0.1, -0.05) is 0 Å². The number of rotatable bonds is 7. The van der Waals surface area contributed by atoms with Crippen molar-refractivity contribution in [1.82, 2.24) is 0 Å². The van der Waals surface area contributed by atoms with Crippen LogP contribution in [0.2, 0.25) is 0 Å². The van der Waals surface area contributed by atoms with Gasteiger partial charge in [-0.25, -0.2) is 0 Å². The Labute approximate surface area is 106 Å². The molecule has 0 aliphatic heterocycles. The SMILES string of the molecule is COCc1cc(OC)c(CCC(=O)O)c(OC)c1. The molecule has 0 spiro atoms. The summed E-state index contributed by atoms with van der Waals surface area (Å²) in [5.74, 6) is 0.408. The standard InChI is InChI=1S/C13H18O5/c1-16-8-9-6-11(17-2)10(4-5-13(14)15)12(7-9)18-3/h6-7H,4-5,8H2,1-3H3,(H,14,15). The fourth-order valence-electron chi connectivity index (χ4n) is 1.77. The topological polar surface area (TPSA) is 65.0 Å². The van der Waals surface area contributed by atoms with E-state index >= 15 is 0 Å². The van der Waals surface area contributed by atoms with Crippen molar-refractivity contribution < 1.29 is 24.1 Å². The van der Waals surface area contributed by atoms with E-state index in [1.165, 1.54) is 0 Å². The summed E-state index contributed by atoms with van der Waals surface area (Å²) in [7, 11) is 4.71. The molecule has 100 valence electrons. The molecule has 0 saturated carbocycles. The summed E-state index contributed by atoms with van der Waals surface area (Å²) in [4.78, 5) is 10.6. The minimum absolute atomic E-state index is 0.0380. The second-order valence-corrected chi connectivity index (χ2v) is 3.81. The summed E-state index contributed by atoms with van der Waals surface area (Å²) in [6, 6.07) is 3.67. The van der Waals surface area contributed by atoms with Crippen LogP contribution in [0.25, 0.3) is 0 Å². The second-order valence-electron chi connectivity index (χ2n) is 3.81. The Bertz CT molecular complexity index is 389. The lowest BCUT2D eigenvalue weighted by Crippen LogP contribution is -2.03. The Balaban J connectivity index is 3.08. The summed E-state index contributed by atoms with van der Waals surface area (Å²) in [5.41, 5.74) is 1.69. The third kappa shape index (κ3) is 3.63. The highest BCUT2D eigenvalue weighted by Crippen LogP contribution is 2.32. The minimum Gasteiger partial charge on any atom is -0.496 e. The fourth-order valence-corrected chi connectivity index (χ4v) is 1.77. The van der Waals surface area contributed by atoms with Crippen LogP contribution in [0.1, 0.15) is 17.5 Å². The summed E-state index contributed by atoms with van der Waals surface area (Å²) < 4.78 is 15.6. The summed E-state index contributed by atoms with van der Waals surface area (Å²) in [5, 5.41) is 8.74. The van der Waals surface area contributed by atoms with Crippen molar-refractivity contribution in [2.24, 2.45) is 0 Å². The monoisotopic (exact) mass is 254 g/mol. The van der Waals surface area contributed by atoms with E-state index < -0.39 is 5.97 Å². The zero-order valence-electron chi connectivity index (χ0n) is 10.9. The fraction of sp³-hybridized carbons (Fsp3) is 0.462. The molecule has 0 unspecified atom stereocenters. The number of carbonyl (C=O) groups is 1. The van der Waals surface area contributed by atoms with Gasteiger partial charge in [-0.15, -0.1) is 0 Å². The van der Waals surface area contributed by atoms with Crippen LogP contribution < -0.4 is 9.47 Å². The molecule has 0 bridgehead atoms. The molecule has 0 radical (unpaired) electrons. The number of ether oxygens (including phenoxy) is 3. The Morgan fingerprint density at radius 3 is 2.11 bits per heavy atom. The Kier molecular flexibility index (Phi) is 5.45. The highest BCUT2D eigenvalue weighted by molar-refractivity contribution is 5.67. The predicted molar refractivity (Wildman–Crippen MR) is 66.2 cm³/mol. The van der Waals surface area contributed by atoms with E-state index in [-0.39, 0.29) is 6.42 Å². The molecule has 0 aliphatic carbocycles. The molecule has 1 rings (SSSR count). The largest absolute Gasteiger partial charge is 0.496 e. The third-order valence-corrected chi connectivity index (χ3v) is 2.57. The van der Waals surface area contributed by atoms with E-state index in [0.717, 1.165) is 11.1 Å². The van der Waals surface area contributed by atoms with Gasteiger partial charge < -0.3 is 19.3 Å². The molecule has 1 aromatic rings. The molecule has 1 aromatic carbocycles. The third-order valence-electron chi connectivity index (χ3n) is 2.57. The van der Waals surface area contributed by atoms with Crippen LogP contribution >= 0.6 is 0 Å². The van der Waals surface area contributed by atoms with Crippen molar-refractivity contribution in [2.75, 3.05) is 21.3 Å². The van der Waals surface area contributed by atoms with E-state index in [0.29, 0.717) is 24.5 Å². The van der Waals surface area contributed by atoms with Crippen LogP contribution in [0.3, 0.4) is 0 Å². The maximum Gasteiger partial charge on any atom is 0.303 e. The van der Waals surface area contributed by atoms with Gasteiger partial charge in [0.05, 0.1) is 20.8 Å². The number of hydrogen-bond donors (Lipinski definition) is 1. The van der Waals surface area contributed by atoms with Gasteiger partial charge in [-0.05, 0) is 24.1 Å². The van der Waals surface area contributed by atoms with E-state index in [9.17, 15) is 4.79 Å². The molecule has 0 fully saturated rings. The molecule has 5 heteroatoms. The highest BCUT2D eigenvalue weighted by Gasteiger charge is 2.13. The van der Waals surface area contributed by atoms with Crippen LogP contribution in [0.5, 0.6) is 11.5 Å². The molecule has 0 aliphatic rings. The van der Waals surface area contributed by atoms with Gasteiger partial charge in [0.1, 0.15) is 11.5 Å². The van der Waals surface area contributed by atoms with Crippen molar-refractivity contribution in [2.45, 2.75) is 19.4 Å². The molecular formula is C13H18O5. The van der Waals surface area contributed by atoms with Crippen LogP contribution in [-0.2, 0) is 22.6 Å². The van der Waals surface area contributed by atoms with E-state index in [1.54, 1.807) is 21.3 Å². The zero-order valence-corrected chi connectivity index (χ0v) is 10.9. The van der Waals surface area contributed by atoms with Gasteiger partial charge in [0.15, 0.2) is 0 Å². The van der Waals surface area contributed by atoms with Crippen molar-refractivity contribution in [3.8, 4) is 11.5 Å². The number of carboxylic acids is 1. The molecule has 1 N–H and O–H groups in total. The van der Waals surface area contributed by atoms with Crippen molar-refractivity contribution >= 4 is 5.97 Å². The number of hydrogen-bond acceptors (Lipinski definition) is 4. The summed E-state index contributed by atoms with van der Waals surface area (Å²) in [6.07, 6.45) is 0.408. The Hall–Kier alpha value is -1.75. The summed E-state index contributed by atoms with van der Waals surface area (Å²) in [6.45, 7) is 0.450. The van der Waals surface area contributed by atoms with Crippen LogP contribution in [0.15, 0.2) is 12.1 Å². The molecule has 5 nitrogen and oxygen atoms in total. The smallest absolute Gasteiger partial charge is 0.303 e. The molecule has 0 heterocycles. The number of benzene rings is 1. The predicted octanol–water partition coefficient (Wildman–Crippen LogP) is 1.87. The van der Waals surface area contributed by atoms with Gasteiger partial charge in [0.2, 0.25) is 0 Å². The van der Waals surface area contributed by atoms with E-state index in [4.69, 9.17) is 19.3 Å². The number of methoxy groups -OCH3 is 3. The second kappa shape index (κ2) is 6.86. The lowest BCUT2D eigenvalue weighted by atomic mass is 10.0. The average Bonchev–Trinajstić information content (AvgIpc) is 2.36. The van der Waals surface area contributed by atoms with Crippen LogP contribution in [0, 0.1) is 0 Å². The molecular weight excluding hydrogens is 236 g/mol. The molecule has 0 atom stereocenters. The molecule has 18 heavy (non-hydrogen) atoms. The van der Waals surface area contributed by atoms with E-state index in [2.05, 4.69) is 0 Å². The zero-order chi connectivity index (χ0) is 13.5. The first-order valence-electron chi connectivity index (χ1n) is 5.56. The van der Waals surface area contributed by atoms with Gasteiger partial charge >= 0.3 is 5.97 Å². The molecule has 0 aromatic heterocycles. The van der Waals surface area contributed by atoms with Gasteiger partial charge in [0, 0.05) is 19.1 Å². The quantitative estimate of drug-likeness (QED) is 0.804. The lowest BCUT2D eigenvalue weighted by molar-refractivity contribution is -0.136. The Morgan fingerprint density at radius 1 is 1.17 bits per heavy atom. The average molecular weight is 254 g/mol. The first-order valence-corrected chi connectivity index (χ1v) is 5.56. The van der Waals surface area contributed by atoms with Gasteiger partial charge in [-0.3, -0.25) is 4.79 Å². The van der Waals surface area contributed by atoms with Crippen molar-refractivity contribution in [3.63, 3.8) is 0 Å². The van der Waals surface area contributed by atoms with Gasteiger partial charge in [-0.2, -0.15) is 0 Å². The van der Waals surface area contributed by atoms with Crippen LogP contribution in [0.4, 0.5) is 0 Å². The highest BCUT2D eigenvalue weighted by atomic mass is 16.5. The Morgan fingerprint density at radius 2 is 1.72 bits per heavy atom. The van der Waals surface area contributed by atoms with Crippen molar-refractivity contribution in [1.29, 1.82) is 0 Å². The first kappa shape index (κ1) is 14.3. The maximum absolute atomic E-state index is 10.6. The first-order chi connectivity index (χ1) is 8.62. The van der Waals surface area contributed by atoms with Gasteiger partial charge in [0.25, 0.3) is 0 Å². The lowest BCUT2D eigenvalue weighted by Gasteiger charge is -2.14. The molecule has 0 saturated heterocycles. The van der Waals surface area contributed by atoms with Crippen molar-refractivity contribution in [3.05, 3.63) is 23.3 Å². The number of carboxylic acid groups (broad SMARTS) is 1.